The van der Waals surface area contributed by atoms with E-state index < -0.39 is 0 Å². The number of hydrogen-bond donors (Lipinski definition) is 1. The Kier molecular flexibility index (Phi) is 4.39. The number of aryl methyl sites for hydroxylation is 2. The van der Waals surface area contributed by atoms with Gasteiger partial charge in [0.05, 0.1) is 0 Å². The minimum Gasteiger partial charge on any atom is -0.370 e. The van der Waals surface area contributed by atoms with Crippen LogP contribution in [0.1, 0.15) is 31.5 Å². The highest BCUT2D eigenvalue weighted by Crippen LogP contribution is 2.15. The van der Waals surface area contributed by atoms with Gasteiger partial charge in [-0.2, -0.15) is 0 Å². The van der Waals surface area contributed by atoms with E-state index in [1.54, 1.807) is 12.4 Å². The molecule has 0 spiro atoms. The standard InChI is InChI=1S/C14H19N5/c1-4-6-11-7-12(15-5-2)19-14(18-11)13-16-8-10(3)9-17-13/h7-9H,4-6H2,1-3H3,(H,15,18,19). The van der Waals surface area contributed by atoms with Crippen molar-refractivity contribution in [3.05, 3.63) is 29.7 Å². The average molecular weight is 257 g/mol. The molecule has 19 heavy (non-hydrogen) atoms. The van der Waals surface area contributed by atoms with Crippen LogP contribution in [-0.4, -0.2) is 26.5 Å². The Bertz CT molecular complexity index is 512. The Labute approximate surface area is 113 Å². The van der Waals surface area contributed by atoms with Crippen LogP contribution >= 0.6 is 0 Å². The molecular formula is C14H19N5. The number of aromatic nitrogens is 4. The molecule has 0 aromatic carbocycles. The molecule has 5 nitrogen and oxygen atoms in total. The summed E-state index contributed by atoms with van der Waals surface area (Å²) in [6.45, 7) is 6.97. The van der Waals surface area contributed by atoms with Gasteiger partial charge in [-0.3, -0.25) is 0 Å². The third-order valence-electron chi connectivity index (χ3n) is 2.62. The van der Waals surface area contributed by atoms with Crippen molar-refractivity contribution in [3.8, 4) is 11.6 Å². The van der Waals surface area contributed by atoms with Crippen LogP contribution in [0.4, 0.5) is 5.82 Å². The Balaban J connectivity index is 2.40. The molecular weight excluding hydrogens is 238 g/mol. The zero-order valence-corrected chi connectivity index (χ0v) is 11.6. The van der Waals surface area contributed by atoms with E-state index in [-0.39, 0.29) is 0 Å². The van der Waals surface area contributed by atoms with Crippen molar-refractivity contribution in [3.63, 3.8) is 0 Å². The minimum absolute atomic E-state index is 0.572. The smallest absolute Gasteiger partial charge is 0.199 e. The largest absolute Gasteiger partial charge is 0.370 e. The molecule has 0 fully saturated rings. The number of anilines is 1. The van der Waals surface area contributed by atoms with Gasteiger partial charge in [-0.15, -0.1) is 0 Å². The summed E-state index contributed by atoms with van der Waals surface area (Å²) in [4.78, 5) is 17.6. The summed E-state index contributed by atoms with van der Waals surface area (Å²) < 4.78 is 0. The Hall–Kier alpha value is -2.04. The maximum atomic E-state index is 4.53. The van der Waals surface area contributed by atoms with Crippen LogP contribution in [0.3, 0.4) is 0 Å². The lowest BCUT2D eigenvalue weighted by Crippen LogP contribution is -2.05. The SMILES string of the molecule is CCCc1cc(NCC)nc(-c2ncc(C)cn2)n1. The van der Waals surface area contributed by atoms with E-state index in [9.17, 15) is 0 Å². The first-order valence-electron chi connectivity index (χ1n) is 6.63. The van der Waals surface area contributed by atoms with E-state index in [1.807, 2.05) is 19.9 Å². The second kappa shape index (κ2) is 6.22. The van der Waals surface area contributed by atoms with Gasteiger partial charge in [0, 0.05) is 30.7 Å². The fourth-order valence-electron chi connectivity index (χ4n) is 1.76. The van der Waals surface area contributed by atoms with Crippen molar-refractivity contribution in [2.75, 3.05) is 11.9 Å². The van der Waals surface area contributed by atoms with E-state index in [2.05, 4.69) is 32.2 Å². The summed E-state index contributed by atoms with van der Waals surface area (Å²) >= 11 is 0. The second-order valence-electron chi connectivity index (χ2n) is 4.43. The Morgan fingerprint density at radius 3 is 2.42 bits per heavy atom. The van der Waals surface area contributed by atoms with E-state index in [0.29, 0.717) is 11.6 Å². The molecule has 2 heterocycles. The second-order valence-corrected chi connectivity index (χ2v) is 4.43. The highest BCUT2D eigenvalue weighted by atomic mass is 15.1. The van der Waals surface area contributed by atoms with E-state index >= 15 is 0 Å². The van der Waals surface area contributed by atoms with Crippen LogP contribution in [0, 0.1) is 6.92 Å². The van der Waals surface area contributed by atoms with Crippen molar-refractivity contribution in [2.24, 2.45) is 0 Å². The molecule has 5 heteroatoms. The molecule has 0 bridgehead atoms. The monoisotopic (exact) mass is 257 g/mol. The van der Waals surface area contributed by atoms with E-state index in [4.69, 9.17) is 0 Å². The summed E-state index contributed by atoms with van der Waals surface area (Å²) in [5.41, 5.74) is 2.05. The van der Waals surface area contributed by atoms with Crippen LogP contribution in [-0.2, 0) is 6.42 Å². The lowest BCUT2D eigenvalue weighted by molar-refractivity contribution is 0.871. The van der Waals surface area contributed by atoms with E-state index in [0.717, 1.165) is 36.5 Å². The van der Waals surface area contributed by atoms with Crippen molar-refractivity contribution in [1.29, 1.82) is 0 Å². The van der Waals surface area contributed by atoms with Crippen LogP contribution in [0.15, 0.2) is 18.5 Å². The van der Waals surface area contributed by atoms with E-state index in [1.165, 1.54) is 0 Å². The van der Waals surface area contributed by atoms with Crippen LogP contribution in [0.2, 0.25) is 0 Å². The molecule has 0 saturated heterocycles. The lowest BCUT2D eigenvalue weighted by atomic mass is 10.2. The van der Waals surface area contributed by atoms with Crippen molar-refractivity contribution < 1.29 is 0 Å². The highest BCUT2D eigenvalue weighted by Gasteiger charge is 2.08. The molecule has 0 aliphatic heterocycles. The maximum absolute atomic E-state index is 4.53. The molecule has 0 amide bonds. The van der Waals surface area contributed by atoms with Crippen molar-refractivity contribution in [2.45, 2.75) is 33.6 Å². The molecule has 2 aromatic rings. The average Bonchev–Trinajstić information content (AvgIpc) is 2.40. The first-order chi connectivity index (χ1) is 9.22. The first-order valence-corrected chi connectivity index (χ1v) is 6.63. The molecule has 2 rings (SSSR count). The molecule has 2 aromatic heterocycles. The Morgan fingerprint density at radius 2 is 1.79 bits per heavy atom. The predicted octanol–water partition coefficient (Wildman–Crippen LogP) is 2.63. The fraction of sp³-hybridized carbons (Fsp3) is 0.429. The quantitative estimate of drug-likeness (QED) is 0.892. The molecule has 0 aliphatic carbocycles. The zero-order valence-electron chi connectivity index (χ0n) is 11.6. The topological polar surface area (TPSA) is 63.6 Å². The molecule has 0 aliphatic rings. The molecule has 0 saturated carbocycles. The third kappa shape index (κ3) is 3.47. The summed E-state index contributed by atoms with van der Waals surface area (Å²) in [7, 11) is 0. The molecule has 0 radical (unpaired) electrons. The fourth-order valence-corrected chi connectivity index (χ4v) is 1.76. The van der Waals surface area contributed by atoms with Gasteiger partial charge in [0.25, 0.3) is 0 Å². The minimum atomic E-state index is 0.572. The zero-order chi connectivity index (χ0) is 13.7. The highest BCUT2D eigenvalue weighted by molar-refractivity contribution is 5.49. The summed E-state index contributed by atoms with van der Waals surface area (Å²) in [5, 5.41) is 3.22. The maximum Gasteiger partial charge on any atom is 0.199 e. The molecule has 0 atom stereocenters. The van der Waals surface area contributed by atoms with Gasteiger partial charge in [0.1, 0.15) is 5.82 Å². The number of nitrogens with one attached hydrogen (secondary N) is 1. The van der Waals surface area contributed by atoms with Gasteiger partial charge >= 0.3 is 0 Å². The number of nitrogens with zero attached hydrogens (tertiary/aromatic N) is 4. The predicted molar refractivity (Wildman–Crippen MR) is 76.0 cm³/mol. The lowest BCUT2D eigenvalue weighted by Gasteiger charge is -2.07. The Morgan fingerprint density at radius 1 is 1.05 bits per heavy atom. The van der Waals surface area contributed by atoms with Crippen molar-refractivity contribution in [1.82, 2.24) is 19.9 Å². The van der Waals surface area contributed by atoms with Crippen LogP contribution in [0.5, 0.6) is 0 Å². The number of rotatable bonds is 5. The summed E-state index contributed by atoms with van der Waals surface area (Å²) in [5.74, 6) is 1.99. The van der Waals surface area contributed by atoms with Crippen LogP contribution in [0.25, 0.3) is 11.6 Å². The third-order valence-corrected chi connectivity index (χ3v) is 2.62. The molecule has 100 valence electrons. The van der Waals surface area contributed by atoms with Gasteiger partial charge in [-0.25, -0.2) is 19.9 Å². The normalized spacial score (nSPS) is 10.5. The van der Waals surface area contributed by atoms with Gasteiger partial charge < -0.3 is 5.32 Å². The van der Waals surface area contributed by atoms with Crippen molar-refractivity contribution >= 4 is 5.82 Å². The van der Waals surface area contributed by atoms with Gasteiger partial charge in [-0.05, 0) is 25.8 Å². The van der Waals surface area contributed by atoms with Gasteiger partial charge in [0.15, 0.2) is 11.6 Å². The van der Waals surface area contributed by atoms with Gasteiger partial charge in [-0.1, -0.05) is 13.3 Å². The molecule has 0 unspecified atom stereocenters. The summed E-state index contributed by atoms with van der Waals surface area (Å²) in [6.07, 6.45) is 5.55. The molecule has 1 N–H and O–H groups in total. The van der Waals surface area contributed by atoms with Gasteiger partial charge in [0.2, 0.25) is 0 Å². The first kappa shape index (κ1) is 13.4. The number of hydrogen-bond acceptors (Lipinski definition) is 5. The summed E-state index contributed by atoms with van der Waals surface area (Å²) in [6, 6.07) is 1.99. The van der Waals surface area contributed by atoms with Crippen LogP contribution < -0.4 is 5.32 Å².